The van der Waals surface area contributed by atoms with Gasteiger partial charge in [-0.05, 0) is 103 Å². The van der Waals surface area contributed by atoms with Crippen molar-refractivity contribution in [2.24, 2.45) is 56.7 Å². The van der Waals surface area contributed by atoms with E-state index in [1.54, 1.807) is 7.11 Å². The van der Waals surface area contributed by atoms with E-state index >= 15 is 0 Å². The van der Waals surface area contributed by atoms with Gasteiger partial charge in [-0.15, -0.1) is 0 Å². The van der Waals surface area contributed by atoms with Crippen LogP contribution in [-0.4, -0.2) is 35.5 Å². The van der Waals surface area contributed by atoms with Gasteiger partial charge >= 0.3 is 5.97 Å². The van der Waals surface area contributed by atoms with E-state index in [0.29, 0.717) is 23.7 Å². The predicted octanol–water partition coefficient (Wildman–Crippen LogP) is 6.71. The maximum absolute atomic E-state index is 12.8. The molecule has 11 atom stereocenters. The standard InChI is InChI=1S/C31H50O4/c1-18-11-14-31(26(33)34)16-15-29(6)20(24(31)19(18)2)9-10-23-28(5)17-21(35-8)25(32)27(3,4)22(28)12-13-30(23,29)7/h9,18-19,21-25,32H,10-17H2,1-8H3,(H,33,34)/t18-,19+,21-,22+,23-,24+,25-,28+,29-,30-,31+/m1/s1. The molecule has 4 fully saturated rings. The molecule has 0 aliphatic heterocycles. The van der Waals surface area contributed by atoms with Gasteiger partial charge in [0, 0.05) is 7.11 Å². The lowest BCUT2D eigenvalue weighted by Gasteiger charge is -2.71. The Bertz CT molecular complexity index is 923. The highest BCUT2D eigenvalue weighted by atomic mass is 16.5. The molecule has 2 N–H and O–H groups in total. The lowest BCUT2D eigenvalue weighted by Crippen LogP contribution is -2.67. The summed E-state index contributed by atoms with van der Waals surface area (Å²) in [5.74, 6) is 1.54. The average Bonchev–Trinajstić information content (AvgIpc) is 2.79. The third-order valence-electron chi connectivity index (χ3n) is 13.6. The second-order valence-corrected chi connectivity index (χ2v) is 14.9. The Hall–Kier alpha value is -0.870. The Labute approximate surface area is 213 Å². The minimum atomic E-state index is -0.584. The third kappa shape index (κ3) is 3.02. The van der Waals surface area contributed by atoms with Crippen molar-refractivity contribution in [3.63, 3.8) is 0 Å². The van der Waals surface area contributed by atoms with Gasteiger partial charge in [-0.25, -0.2) is 0 Å². The zero-order valence-corrected chi connectivity index (χ0v) is 23.5. The third-order valence-corrected chi connectivity index (χ3v) is 13.6. The largest absolute Gasteiger partial charge is 0.481 e. The lowest BCUT2D eigenvalue weighted by molar-refractivity contribution is -0.236. The first-order chi connectivity index (χ1) is 16.2. The minimum absolute atomic E-state index is 0.0294. The van der Waals surface area contributed by atoms with Crippen molar-refractivity contribution in [2.45, 2.75) is 112 Å². The van der Waals surface area contributed by atoms with Gasteiger partial charge in [-0.2, -0.15) is 0 Å². The molecule has 4 saturated carbocycles. The van der Waals surface area contributed by atoms with Gasteiger partial charge in [0.15, 0.2) is 0 Å². The molecule has 0 aromatic heterocycles. The molecule has 0 amide bonds. The zero-order chi connectivity index (χ0) is 25.8. The van der Waals surface area contributed by atoms with Crippen molar-refractivity contribution in [1.82, 2.24) is 0 Å². The maximum atomic E-state index is 12.8. The second kappa shape index (κ2) is 7.82. The van der Waals surface area contributed by atoms with Crippen LogP contribution in [0.2, 0.25) is 0 Å². The highest BCUT2D eigenvalue weighted by molar-refractivity contribution is 5.76. The number of hydrogen-bond acceptors (Lipinski definition) is 3. The number of carboxylic acids is 1. The number of aliphatic carboxylic acids is 1. The van der Waals surface area contributed by atoms with E-state index in [2.05, 4.69) is 54.5 Å². The molecule has 35 heavy (non-hydrogen) atoms. The van der Waals surface area contributed by atoms with Crippen molar-refractivity contribution < 1.29 is 19.7 Å². The molecule has 0 saturated heterocycles. The summed E-state index contributed by atoms with van der Waals surface area (Å²) < 4.78 is 5.90. The molecular formula is C31H50O4. The fraction of sp³-hybridized carbons (Fsp3) is 0.903. The van der Waals surface area contributed by atoms with Crippen LogP contribution in [0, 0.1) is 56.7 Å². The highest BCUT2D eigenvalue weighted by Crippen LogP contribution is 2.75. The Kier molecular flexibility index (Phi) is 5.76. The normalized spacial score (nSPS) is 55.0. The fourth-order valence-electron chi connectivity index (χ4n) is 11.2. The number of methoxy groups -OCH3 is 1. The van der Waals surface area contributed by atoms with E-state index in [-0.39, 0.29) is 33.7 Å². The van der Waals surface area contributed by atoms with Gasteiger partial charge < -0.3 is 14.9 Å². The smallest absolute Gasteiger partial charge is 0.310 e. The van der Waals surface area contributed by atoms with Crippen molar-refractivity contribution >= 4 is 5.97 Å². The summed E-state index contributed by atoms with van der Waals surface area (Å²) in [5, 5.41) is 21.8. The van der Waals surface area contributed by atoms with Crippen LogP contribution in [0.4, 0.5) is 0 Å². The Balaban J connectivity index is 1.62. The van der Waals surface area contributed by atoms with Gasteiger partial charge in [-0.1, -0.05) is 60.1 Å². The van der Waals surface area contributed by atoms with E-state index in [0.717, 1.165) is 51.4 Å². The van der Waals surface area contributed by atoms with Crippen LogP contribution < -0.4 is 0 Å². The van der Waals surface area contributed by atoms with Crippen molar-refractivity contribution in [1.29, 1.82) is 0 Å². The number of rotatable bonds is 2. The second-order valence-electron chi connectivity index (χ2n) is 14.9. The molecule has 0 aromatic carbocycles. The molecule has 5 aliphatic rings. The Morgan fingerprint density at radius 1 is 1.00 bits per heavy atom. The molecular weight excluding hydrogens is 436 g/mol. The summed E-state index contributed by atoms with van der Waals surface area (Å²) in [4.78, 5) is 12.8. The predicted molar refractivity (Wildman–Crippen MR) is 139 cm³/mol. The van der Waals surface area contributed by atoms with Crippen LogP contribution in [-0.2, 0) is 9.53 Å². The number of aliphatic hydroxyl groups is 1. The topological polar surface area (TPSA) is 66.8 Å². The number of carbonyl (C=O) groups is 1. The molecule has 5 aliphatic carbocycles. The highest BCUT2D eigenvalue weighted by Gasteiger charge is 2.70. The number of aliphatic hydroxyl groups excluding tert-OH is 1. The van der Waals surface area contributed by atoms with Crippen LogP contribution in [0.1, 0.15) is 99.8 Å². The number of hydrogen-bond donors (Lipinski definition) is 2. The van der Waals surface area contributed by atoms with E-state index in [9.17, 15) is 15.0 Å². The summed E-state index contributed by atoms with van der Waals surface area (Å²) in [6, 6.07) is 0. The Morgan fingerprint density at radius 2 is 1.69 bits per heavy atom. The monoisotopic (exact) mass is 486 g/mol. The van der Waals surface area contributed by atoms with E-state index in [4.69, 9.17) is 4.74 Å². The van der Waals surface area contributed by atoms with Gasteiger partial charge in [0.2, 0.25) is 0 Å². The van der Waals surface area contributed by atoms with Gasteiger partial charge in [0.1, 0.15) is 0 Å². The summed E-state index contributed by atoms with van der Waals surface area (Å²) in [5.41, 5.74) is 0.974. The minimum Gasteiger partial charge on any atom is -0.481 e. The fourth-order valence-corrected chi connectivity index (χ4v) is 11.2. The SMILES string of the molecule is CO[C@@H]1C[C@]2(C)[C@H]3CC=C4[C@@H]5[C@@H](C)[C@H](C)CC[C@]5(C(=O)O)CC[C@@]4(C)[C@]3(C)CC[C@H]2C(C)(C)[C@@H]1O. The molecule has 0 aromatic rings. The summed E-state index contributed by atoms with van der Waals surface area (Å²) >= 11 is 0. The van der Waals surface area contributed by atoms with Crippen molar-refractivity contribution in [3.05, 3.63) is 11.6 Å². The number of allylic oxidation sites excluding steroid dienone is 2. The summed E-state index contributed by atoms with van der Waals surface area (Å²) in [6.45, 7) is 16.7. The van der Waals surface area contributed by atoms with Gasteiger partial charge in [-0.3, -0.25) is 4.79 Å². The molecule has 0 spiro atoms. The average molecular weight is 487 g/mol. The molecule has 0 radical (unpaired) electrons. The van der Waals surface area contributed by atoms with Crippen LogP contribution >= 0.6 is 0 Å². The molecule has 0 heterocycles. The van der Waals surface area contributed by atoms with Crippen LogP contribution in [0.5, 0.6) is 0 Å². The van der Waals surface area contributed by atoms with Crippen LogP contribution in [0.15, 0.2) is 11.6 Å². The van der Waals surface area contributed by atoms with Crippen LogP contribution in [0.3, 0.4) is 0 Å². The number of ether oxygens (including phenoxy) is 1. The summed E-state index contributed by atoms with van der Waals surface area (Å²) in [7, 11) is 1.76. The molecule has 0 unspecified atom stereocenters. The number of carboxylic acid groups (broad SMARTS) is 1. The van der Waals surface area contributed by atoms with E-state index < -0.39 is 17.5 Å². The Morgan fingerprint density at radius 3 is 2.31 bits per heavy atom. The molecule has 4 heteroatoms. The van der Waals surface area contributed by atoms with Crippen molar-refractivity contribution in [3.8, 4) is 0 Å². The van der Waals surface area contributed by atoms with Crippen LogP contribution in [0.25, 0.3) is 0 Å². The van der Waals surface area contributed by atoms with Crippen molar-refractivity contribution in [2.75, 3.05) is 7.11 Å². The quantitative estimate of drug-likeness (QED) is 0.426. The molecule has 5 rings (SSSR count). The molecule has 198 valence electrons. The zero-order valence-electron chi connectivity index (χ0n) is 23.5. The first kappa shape index (κ1) is 25.8. The summed E-state index contributed by atoms with van der Waals surface area (Å²) in [6.07, 6.45) is 9.86. The lowest BCUT2D eigenvalue weighted by atomic mass is 9.33. The van der Waals surface area contributed by atoms with Gasteiger partial charge in [0.25, 0.3) is 0 Å². The van der Waals surface area contributed by atoms with E-state index in [1.807, 2.05) is 0 Å². The molecule has 4 nitrogen and oxygen atoms in total. The first-order valence-corrected chi connectivity index (χ1v) is 14.4. The molecule has 0 bridgehead atoms. The van der Waals surface area contributed by atoms with Gasteiger partial charge in [0.05, 0.1) is 17.6 Å². The van der Waals surface area contributed by atoms with E-state index in [1.165, 1.54) is 5.57 Å². The number of fused-ring (bicyclic) bond motifs is 7. The maximum Gasteiger partial charge on any atom is 0.310 e. The first-order valence-electron chi connectivity index (χ1n) is 14.4.